The monoisotopic (exact) mass is 438 g/mol. The van der Waals surface area contributed by atoms with Crippen LogP contribution < -0.4 is 15.4 Å². The van der Waals surface area contributed by atoms with Crippen LogP contribution in [0, 0.1) is 6.92 Å². The highest BCUT2D eigenvalue weighted by atomic mass is 79.9. The Balaban J connectivity index is 2.09. The summed E-state index contributed by atoms with van der Waals surface area (Å²) in [4.78, 5) is 24.1. The fourth-order valence-corrected chi connectivity index (χ4v) is 2.97. The second-order valence-electron chi connectivity index (χ2n) is 5.70. The fourth-order valence-electron chi connectivity index (χ4n) is 2.19. The minimum absolute atomic E-state index is 0.0825. The van der Waals surface area contributed by atoms with Gasteiger partial charge in [0.05, 0.1) is 4.47 Å². The molecule has 26 heavy (non-hydrogen) atoms. The van der Waals surface area contributed by atoms with Crippen molar-refractivity contribution in [2.75, 3.05) is 10.6 Å². The molecule has 0 heterocycles. The Kier molecular flexibility index (Phi) is 7.06. The van der Waals surface area contributed by atoms with Gasteiger partial charge in [-0.3, -0.25) is 9.59 Å². The van der Waals surface area contributed by atoms with E-state index in [9.17, 15) is 9.59 Å². The quantitative estimate of drug-likeness (QED) is 0.653. The molecule has 0 aliphatic heterocycles. The summed E-state index contributed by atoms with van der Waals surface area (Å²) < 4.78 is 6.37. The number of halogens is 2. The summed E-state index contributed by atoms with van der Waals surface area (Å²) in [7, 11) is 0. The summed E-state index contributed by atoms with van der Waals surface area (Å²) in [6.07, 6.45) is -0.336. The van der Waals surface area contributed by atoms with Gasteiger partial charge < -0.3 is 15.4 Å². The van der Waals surface area contributed by atoms with E-state index in [1.54, 1.807) is 50.2 Å². The van der Waals surface area contributed by atoms with Gasteiger partial charge in [-0.05, 0) is 65.7 Å². The van der Waals surface area contributed by atoms with Crippen LogP contribution in [0.5, 0.6) is 5.75 Å². The molecule has 1 atom stereocenters. The van der Waals surface area contributed by atoms with Gasteiger partial charge in [-0.1, -0.05) is 24.6 Å². The highest BCUT2D eigenvalue weighted by Crippen LogP contribution is 2.29. The smallest absolute Gasteiger partial charge is 0.265 e. The maximum Gasteiger partial charge on any atom is 0.265 e. The second-order valence-corrected chi connectivity index (χ2v) is 6.99. The van der Waals surface area contributed by atoms with E-state index in [1.807, 2.05) is 6.92 Å². The van der Waals surface area contributed by atoms with Crippen molar-refractivity contribution in [2.24, 2.45) is 0 Å². The Morgan fingerprint density at radius 1 is 1.19 bits per heavy atom. The van der Waals surface area contributed by atoms with Crippen LogP contribution in [0.1, 0.15) is 25.8 Å². The number of hydrogen-bond acceptors (Lipinski definition) is 3. The highest BCUT2D eigenvalue weighted by molar-refractivity contribution is 9.10. The maximum absolute atomic E-state index is 12.5. The van der Waals surface area contributed by atoms with Crippen LogP contribution in [0.2, 0.25) is 5.02 Å². The molecule has 0 unspecified atom stereocenters. The molecule has 0 radical (unpaired) electrons. The van der Waals surface area contributed by atoms with E-state index in [0.29, 0.717) is 33.0 Å². The molecule has 0 aliphatic carbocycles. The molecule has 0 aliphatic rings. The summed E-state index contributed by atoms with van der Waals surface area (Å²) in [5, 5.41) is 6.22. The van der Waals surface area contributed by atoms with Crippen molar-refractivity contribution in [2.45, 2.75) is 33.3 Å². The summed E-state index contributed by atoms with van der Waals surface area (Å²) in [5.74, 6) is 0.146. The first-order valence-electron chi connectivity index (χ1n) is 8.13. The first kappa shape index (κ1) is 20.3. The molecule has 0 saturated heterocycles. The second kappa shape index (κ2) is 9.05. The Labute approximate surface area is 166 Å². The SMILES string of the molecule is CCC(=O)Nc1cccc(NC(=O)[C@H](C)Oc2ccc(Cl)cc2Br)c1C. The summed E-state index contributed by atoms with van der Waals surface area (Å²) in [6, 6.07) is 10.4. The van der Waals surface area contributed by atoms with Crippen molar-refractivity contribution in [3.8, 4) is 5.75 Å². The molecule has 2 amide bonds. The van der Waals surface area contributed by atoms with Crippen molar-refractivity contribution in [3.63, 3.8) is 0 Å². The molecule has 0 fully saturated rings. The van der Waals surface area contributed by atoms with Crippen molar-refractivity contribution in [3.05, 3.63) is 51.5 Å². The number of hydrogen-bond donors (Lipinski definition) is 2. The molecule has 2 aromatic rings. The molecule has 0 spiro atoms. The normalized spacial score (nSPS) is 11.6. The molecular weight excluding hydrogens is 420 g/mol. The number of amides is 2. The molecular formula is C19H20BrClN2O3. The van der Waals surface area contributed by atoms with Crippen molar-refractivity contribution < 1.29 is 14.3 Å². The first-order valence-corrected chi connectivity index (χ1v) is 9.31. The number of rotatable bonds is 6. The average molecular weight is 440 g/mol. The van der Waals surface area contributed by atoms with Gasteiger partial charge in [-0.15, -0.1) is 0 Å². The molecule has 2 N–H and O–H groups in total. The summed E-state index contributed by atoms with van der Waals surface area (Å²) >= 11 is 9.27. The van der Waals surface area contributed by atoms with Gasteiger partial charge in [-0.2, -0.15) is 0 Å². The van der Waals surface area contributed by atoms with E-state index in [4.69, 9.17) is 16.3 Å². The van der Waals surface area contributed by atoms with Gasteiger partial charge in [0.2, 0.25) is 5.91 Å². The fraction of sp³-hybridized carbons (Fsp3) is 0.263. The third-order valence-corrected chi connectivity index (χ3v) is 4.61. The topological polar surface area (TPSA) is 67.4 Å². The lowest BCUT2D eigenvalue weighted by Crippen LogP contribution is -2.30. The van der Waals surface area contributed by atoms with E-state index in [1.165, 1.54) is 0 Å². The Morgan fingerprint density at radius 2 is 1.85 bits per heavy atom. The van der Waals surface area contributed by atoms with Gasteiger partial charge in [0, 0.05) is 22.8 Å². The van der Waals surface area contributed by atoms with Crippen LogP contribution in [-0.4, -0.2) is 17.9 Å². The number of nitrogens with one attached hydrogen (secondary N) is 2. The van der Waals surface area contributed by atoms with Crippen molar-refractivity contribution in [1.29, 1.82) is 0 Å². The van der Waals surface area contributed by atoms with Gasteiger partial charge in [0.15, 0.2) is 6.10 Å². The van der Waals surface area contributed by atoms with Crippen LogP contribution in [-0.2, 0) is 9.59 Å². The van der Waals surface area contributed by atoms with Crippen LogP contribution >= 0.6 is 27.5 Å². The predicted molar refractivity (Wildman–Crippen MR) is 108 cm³/mol. The van der Waals surface area contributed by atoms with Gasteiger partial charge in [-0.25, -0.2) is 0 Å². The minimum atomic E-state index is -0.722. The van der Waals surface area contributed by atoms with Gasteiger partial charge in [0.25, 0.3) is 5.91 Å². The third-order valence-electron chi connectivity index (χ3n) is 3.75. The molecule has 2 rings (SSSR count). The molecule has 5 nitrogen and oxygen atoms in total. The molecule has 0 saturated carbocycles. The van der Waals surface area contributed by atoms with Crippen LogP contribution in [0.15, 0.2) is 40.9 Å². The number of carbonyl (C=O) groups is 2. The Hall–Kier alpha value is -2.05. The largest absolute Gasteiger partial charge is 0.480 e. The molecule has 0 bridgehead atoms. The van der Waals surface area contributed by atoms with Crippen LogP contribution in [0.25, 0.3) is 0 Å². The van der Waals surface area contributed by atoms with Crippen molar-refractivity contribution >= 4 is 50.7 Å². The average Bonchev–Trinajstić information content (AvgIpc) is 2.60. The summed E-state index contributed by atoms with van der Waals surface area (Å²) in [6.45, 7) is 5.28. The minimum Gasteiger partial charge on any atom is -0.480 e. The number of anilines is 2. The lowest BCUT2D eigenvalue weighted by Gasteiger charge is -2.18. The van der Waals surface area contributed by atoms with E-state index in [0.717, 1.165) is 5.56 Å². The standard InChI is InChI=1S/C19H20BrClN2O3/c1-4-18(24)22-15-6-5-7-16(11(15)2)23-19(25)12(3)26-17-9-8-13(21)10-14(17)20/h5-10,12H,4H2,1-3H3,(H,22,24)(H,23,25)/t12-/m0/s1. The number of ether oxygens (including phenoxy) is 1. The molecule has 7 heteroatoms. The molecule has 138 valence electrons. The van der Waals surface area contributed by atoms with Crippen LogP contribution in [0.4, 0.5) is 11.4 Å². The maximum atomic E-state index is 12.5. The van der Waals surface area contributed by atoms with Gasteiger partial charge >= 0.3 is 0 Å². The lowest BCUT2D eigenvalue weighted by atomic mass is 10.1. The molecule has 0 aromatic heterocycles. The van der Waals surface area contributed by atoms with E-state index < -0.39 is 6.10 Å². The zero-order valence-corrected chi connectivity index (χ0v) is 17.1. The van der Waals surface area contributed by atoms with Crippen LogP contribution in [0.3, 0.4) is 0 Å². The Bertz CT molecular complexity index is 826. The third kappa shape index (κ3) is 5.22. The number of carbonyl (C=O) groups excluding carboxylic acids is 2. The zero-order valence-electron chi connectivity index (χ0n) is 14.7. The van der Waals surface area contributed by atoms with E-state index >= 15 is 0 Å². The Morgan fingerprint density at radius 3 is 2.46 bits per heavy atom. The van der Waals surface area contributed by atoms with Crippen molar-refractivity contribution in [1.82, 2.24) is 0 Å². The van der Waals surface area contributed by atoms with Gasteiger partial charge in [0.1, 0.15) is 5.75 Å². The molecule has 2 aromatic carbocycles. The first-order chi connectivity index (χ1) is 12.3. The summed E-state index contributed by atoms with van der Waals surface area (Å²) in [5.41, 5.74) is 2.07. The zero-order chi connectivity index (χ0) is 19.3. The highest BCUT2D eigenvalue weighted by Gasteiger charge is 2.18. The predicted octanol–water partition coefficient (Wildman–Crippen LogP) is 5.17. The lowest BCUT2D eigenvalue weighted by molar-refractivity contribution is -0.122. The number of benzene rings is 2. The van der Waals surface area contributed by atoms with E-state index in [2.05, 4.69) is 26.6 Å². The van der Waals surface area contributed by atoms with E-state index in [-0.39, 0.29) is 11.8 Å².